The number of halogens is 1. The summed E-state index contributed by atoms with van der Waals surface area (Å²) in [6, 6.07) is 6.51. The standard InChI is InChI=1S/C28H30FN7OS/c1-16-32-27(25-21-6-8-24-22(15-36(35-24)9-10-37)26(21)38-28(25)33-16)34-20-5-7-23(18(12-20)13-30)31-14-17-3-2-4-19(29)11-17/h2-5,7,11,13,15-16,20,33,37H,6,8-10,12,14,30H2,1H3,(H,32,34). The average molecular weight is 532 g/mol. The molecule has 38 heavy (non-hydrogen) atoms. The van der Waals surface area contributed by atoms with Crippen molar-refractivity contribution in [2.24, 2.45) is 15.7 Å². The first kappa shape index (κ1) is 24.6. The fourth-order valence-electron chi connectivity index (χ4n) is 5.28. The molecule has 6 rings (SSSR count). The number of hydrogen-bond acceptors (Lipinski definition) is 8. The van der Waals surface area contributed by atoms with E-state index < -0.39 is 0 Å². The largest absolute Gasteiger partial charge is 0.404 e. The quantitative estimate of drug-likeness (QED) is 0.401. The van der Waals surface area contributed by atoms with Crippen LogP contribution in [0.15, 0.2) is 64.4 Å². The number of benzene rings is 1. The van der Waals surface area contributed by atoms with Gasteiger partial charge < -0.3 is 21.5 Å². The SMILES string of the molecule is CC1N=C(NC2C=CC(=NCc3cccc(F)c3)C(=CN)C2)c2c(sc3c2CCc2nn(CCO)cc2-3)N1. The van der Waals surface area contributed by atoms with Crippen LogP contribution < -0.4 is 16.4 Å². The Morgan fingerprint density at radius 3 is 3.08 bits per heavy atom. The van der Waals surface area contributed by atoms with Crippen LogP contribution in [0.2, 0.25) is 0 Å². The van der Waals surface area contributed by atoms with E-state index in [1.807, 2.05) is 29.9 Å². The Morgan fingerprint density at radius 1 is 1.37 bits per heavy atom. The number of nitrogens with two attached hydrogens (primary N) is 1. The zero-order valence-corrected chi connectivity index (χ0v) is 21.9. The summed E-state index contributed by atoms with van der Waals surface area (Å²) >= 11 is 1.75. The third-order valence-corrected chi connectivity index (χ3v) is 8.23. The summed E-state index contributed by atoms with van der Waals surface area (Å²) in [5.74, 6) is 0.629. The lowest BCUT2D eigenvalue weighted by atomic mass is 9.92. The summed E-state index contributed by atoms with van der Waals surface area (Å²) in [7, 11) is 0. The number of aliphatic imine (C=N–C) groups is 2. The molecule has 0 amide bonds. The fourth-order valence-corrected chi connectivity index (χ4v) is 6.64. The van der Waals surface area contributed by atoms with Crippen molar-refractivity contribution in [2.45, 2.75) is 51.5 Å². The minimum atomic E-state index is -0.261. The second kappa shape index (κ2) is 10.2. The van der Waals surface area contributed by atoms with Gasteiger partial charge >= 0.3 is 0 Å². The number of aryl methyl sites for hydroxylation is 1. The van der Waals surface area contributed by atoms with Crippen LogP contribution in [0.4, 0.5) is 9.39 Å². The Balaban J connectivity index is 1.25. The number of amidine groups is 1. The number of aliphatic hydroxyl groups is 1. The van der Waals surface area contributed by atoms with Gasteiger partial charge in [-0.2, -0.15) is 5.10 Å². The molecular formula is C28H30FN7OS. The van der Waals surface area contributed by atoms with E-state index in [0.717, 1.165) is 57.3 Å². The zero-order valence-electron chi connectivity index (χ0n) is 21.1. The zero-order chi connectivity index (χ0) is 26.2. The molecule has 3 heterocycles. The minimum absolute atomic E-state index is 0.0109. The van der Waals surface area contributed by atoms with Crippen LogP contribution in [0.25, 0.3) is 10.4 Å². The molecule has 2 unspecified atom stereocenters. The Kier molecular flexibility index (Phi) is 6.59. The van der Waals surface area contributed by atoms with Gasteiger partial charge in [0.05, 0.1) is 42.7 Å². The lowest BCUT2D eigenvalue weighted by molar-refractivity contribution is 0.269. The van der Waals surface area contributed by atoms with Crippen molar-refractivity contribution in [3.8, 4) is 10.4 Å². The maximum atomic E-state index is 13.5. The summed E-state index contributed by atoms with van der Waals surface area (Å²) in [6.45, 7) is 3.01. The highest BCUT2D eigenvalue weighted by atomic mass is 32.1. The molecule has 2 atom stereocenters. The number of nitrogens with one attached hydrogen (secondary N) is 2. The molecule has 2 aromatic heterocycles. The van der Waals surface area contributed by atoms with Crippen LogP contribution >= 0.6 is 11.3 Å². The highest BCUT2D eigenvalue weighted by Gasteiger charge is 2.32. The second-order valence-corrected chi connectivity index (χ2v) is 10.7. The predicted molar refractivity (Wildman–Crippen MR) is 150 cm³/mol. The number of fused-ring (bicyclic) bond motifs is 5. The smallest absolute Gasteiger partial charge is 0.134 e. The normalized spacial score (nSPS) is 22.0. The van der Waals surface area contributed by atoms with Crippen molar-refractivity contribution in [2.75, 3.05) is 11.9 Å². The highest BCUT2D eigenvalue weighted by Crippen LogP contribution is 2.46. The maximum Gasteiger partial charge on any atom is 0.134 e. The fraction of sp³-hybridized carbons (Fsp3) is 0.321. The van der Waals surface area contributed by atoms with Gasteiger partial charge in [-0.05, 0) is 67.3 Å². The summed E-state index contributed by atoms with van der Waals surface area (Å²) in [5.41, 5.74) is 13.2. The number of rotatable bonds is 5. The monoisotopic (exact) mass is 531 g/mol. The topological polar surface area (TPSA) is 113 Å². The van der Waals surface area contributed by atoms with Crippen molar-refractivity contribution < 1.29 is 9.50 Å². The molecule has 10 heteroatoms. The molecule has 1 aromatic carbocycles. The van der Waals surface area contributed by atoms with E-state index >= 15 is 0 Å². The molecule has 1 aliphatic heterocycles. The Bertz CT molecular complexity index is 1500. The Labute approximate surface area is 224 Å². The van der Waals surface area contributed by atoms with Crippen LogP contribution in [-0.2, 0) is 25.9 Å². The van der Waals surface area contributed by atoms with E-state index in [2.05, 4.69) is 26.8 Å². The van der Waals surface area contributed by atoms with Crippen LogP contribution in [-0.4, -0.2) is 45.2 Å². The number of thiophene rings is 1. The molecule has 5 N–H and O–H groups in total. The van der Waals surface area contributed by atoms with E-state index in [-0.39, 0.29) is 24.6 Å². The molecular weight excluding hydrogens is 501 g/mol. The van der Waals surface area contributed by atoms with Gasteiger partial charge in [0.15, 0.2) is 0 Å². The third kappa shape index (κ3) is 4.65. The van der Waals surface area contributed by atoms with Gasteiger partial charge in [0, 0.05) is 16.6 Å². The molecule has 3 aliphatic rings. The molecule has 0 bridgehead atoms. The summed E-state index contributed by atoms with van der Waals surface area (Å²) in [5, 5.41) is 22.3. The van der Waals surface area contributed by atoms with E-state index in [9.17, 15) is 9.50 Å². The molecule has 8 nitrogen and oxygen atoms in total. The maximum absolute atomic E-state index is 13.5. The number of nitrogens with zero attached hydrogens (tertiary/aromatic N) is 4. The predicted octanol–water partition coefficient (Wildman–Crippen LogP) is 3.76. The molecule has 0 radical (unpaired) electrons. The highest BCUT2D eigenvalue weighted by molar-refractivity contribution is 7.20. The molecule has 0 fully saturated rings. The van der Waals surface area contributed by atoms with Gasteiger partial charge in [-0.15, -0.1) is 11.3 Å². The summed E-state index contributed by atoms with van der Waals surface area (Å²) in [4.78, 5) is 10.9. The number of hydrogen-bond donors (Lipinski definition) is 4. The lowest BCUT2D eigenvalue weighted by Gasteiger charge is -2.27. The van der Waals surface area contributed by atoms with E-state index in [4.69, 9.17) is 10.7 Å². The Hall–Kier alpha value is -3.76. The van der Waals surface area contributed by atoms with Crippen molar-refractivity contribution in [1.29, 1.82) is 0 Å². The summed E-state index contributed by atoms with van der Waals surface area (Å²) in [6.07, 6.45) is 10.1. The van der Waals surface area contributed by atoms with Gasteiger partial charge in [0.2, 0.25) is 0 Å². The van der Waals surface area contributed by atoms with E-state index in [0.29, 0.717) is 19.5 Å². The van der Waals surface area contributed by atoms with Crippen molar-refractivity contribution >= 4 is 27.9 Å². The lowest BCUT2D eigenvalue weighted by Crippen LogP contribution is -2.40. The van der Waals surface area contributed by atoms with Crippen LogP contribution in [0.1, 0.15) is 35.7 Å². The van der Waals surface area contributed by atoms with Crippen molar-refractivity contribution in [1.82, 2.24) is 15.1 Å². The first-order valence-corrected chi connectivity index (χ1v) is 13.7. The molecule has 0 saturated carbocycles. The van der Waals surface area contributed by atoms with Crippen molar-refractivity contribution in [3.63, 3.8) is 0 Å². The van der Waals surface area contributed by atoms with Crippen LogP contribution in [0.5, 0.6) is 0 Å². The minimum Gasteiger partial charge on any atom is -0.404 e. The molecule has 0 saturated heterocycles. The average Bonchev–Trinajstić information content (AvgIpc) is 3.49. The number of allylic oxidation sites excluding steroid dienone is 1. The molecule has 3 aromatic rings. The van der Waals surface area contributed by atoms with Gasteiger partial charge in [0.1, 0.15) is 22.8 Å². The molecule has 196 valence electrons. The van der Waals surface area contributed by atoms with E-state index in [1.165, 1.54) is 22.6 Å². The molecule has 0 spiro atoms. The third-order valence-electron chi connectivity index (χ3n) is 7.03. The van der Waals surface area contributed by atoms with Gasteiger partial charge in [-0.25, -0.2) is 9.38 Å². The number of aromatic nitrogens is 2. The first-order valence-electron chi connectivity index (χ1n) is 12.8. The van der Waals surface area contributed by atoms with E-state index in [1.54, 1.807) is 23.6 Å². The van der Waals surface area contributed by atoms with Crippen molar-refractivity contribution in [3.05, 3.63) is 82.6 Å². The summed E-state index contributed by atoms with van der Waals surface area (Å²) < 4.78 is 15.4. The first-order chi connectivity index (χ1) is 18.5. The van der Waals surface area contributed by atoms with Gasteiger partial charge in [-0.3, -0.25) is 9.67 Å². The molecule has 2 aliphatic carbocycles. The number of anilines is 1. The van der Waals surface area contributed by atoms with Crippen LogP contribution in [0, 0.1) is 5.82 Å². The second-order valence-electron chi connectivity index (χ2n) is 9.73. The van der Waals surface area contributed by atoms with Gasteiger partial charge in [-0.1, -0.05) is 18.2 Å². The Morgan fingerprint density at radius 2 is 2.26 bits per heavy atom. The van der Waals surface area contributed by atoms with Crippen LogP contribution in [0.3, 0.4) is 0 Å². The number of aliphatic hydroxyl groups excluding tert-OH is 1. The van der Waals surface area contributed by atoms with Gasteiger partial charge in [0.25, 0.3) is 0 Å².